The normalized spacial score (nSPS) is 15.3. The van der Waals surface area contributed by atoms with E-state index in [1.165, 1.54) is 23.1 Å². The van der Waals surface area contributed by atoms with Crippen LogP contribution >= 0.6 is 0 Å². The Bertz CT molecular complexity index is 1260. The van der Waals surface area contributed by atoms with Crippen molar-refractivity contribution in [3.05, 3.63) is 76.2 Å². The lowest BCUT2D eigenvalue weighted by atomic mass is 9.92. The minimum Gasteiger partial charge on any atom is -0.365 e. The maximum absolute atomic E-state index is 13.8. The predicted octanol–water partition coefficient (Wildman–Crippen LogP) is 2.45. The third-order valence-corrected chi connectivity index (χ3v) is 5.43. The maximum Gasteiger partial charge on any atom is 0.315 e. The van der Waals surface area contributed by atoms with E-state index < -0.39 is 23.8 Å². The van der Waals surface area contributed by atoms with E-state index in [0.29, 0.717) is 34.5 Å². The number of benzene rings is 2. The molecule has 2 heterocycles. The third kappa shape index (κ3) is 3.38. The molecule has 9 heteroatoms. The lowest BCUT2D eigenvalue weighted by Gasteiger charge is -2.36. The van der Waals surface area contributed by atoms with Gasteiger partial charge in [0.25, 0.3) is 5.91 Å². The van der Waals surface area contributed by atoms with Crippen LogP contribution in [0.2, 0.25) is 0 Å². The number of nitrogens with zero attached hydrogens (tertiary/aromatic N) is 4. The van der Waals surface area contributed by atoms with Crippen LogP contribution in [0.1, 0.15) is 38.8 Å². The van der Waals surface area contributed by atoms with Crippen molar-refractivity contribution in [2.45, 2.75) is 19.5 Å². The van der Waals surface area contributed by atoms with Crippen LogP contribution in [0.15, 0.2) is 42.5 Å². The quantitative estimate of drug-likeness (QED) is 0.676. The summed E-state index contributed by atoms with van der Waals surface area (Å²) in [4.78, 5) is 26.2. The first-order valence-electron chi connectivity index (χ1n) is 9.55. The van der Waals surface area contributed by atoms with Crippen LogP contribution in [0, 0.1) is 24.1 Å². The number of carbonyl (C=O) groups is 2. The van der Waals surface area contributed by atoms with E-state index in [4.69, 9.17) is 11.5 Å². The summed E-state index contributed by atoms with van der Waals surface area (Å²) >= 11 is 0. The summed E-state index contributed by atoms with van der Waals surface area (Å²) < 4.78 is 15.5. The fourth-order valence-electron chi connectivity index (χ4n) is 4.04. The molecule has 156 valence electrons. The molecule has 0 bridgehead atoms. The van der Waals surface area contributed by atoms with Crippen molar-refractivity contribution in [1.29, 1.82) is 5.26 Å². The first kappa shape index (κ1) is 20.1. The predicted molar refractivity (Wildman–Crippen MR) is 110 cm³/mol. The van der Waals surface area contributed by atoms with Gasteiger partial charge in [0.15, 0.2) is 0 Å². The Kier molecular flexibility index (Phi) is 4.91. The standard InChI is InChI=1S/C22H19FN6O2/c1-12-9-14(5-6-15(12)11-24)19-20-17(21(25)30)18(13-3-2-4-16(23)10-13)27-29(20)8-7-28(19)22(26)31/h2-6,9-10,19H,7-8H2,1H3,(H2,25,30)(H2,26,31). The van der Waals surface area contributed by atoms with Crippen molar-refractivity contribution < 1.29 is 14.0 Å². The molecule has 0 spiro atoms. The smallest absolute Gasteiger partial charge is 0.315 e. The number of nitrogens with two attached hydrogens (primary N) is 2. The second-order valence-electron chi connectivity index (χ2n) is 7.33. The van der Waals surface area contributed by atoms with Crippen LogP contribution in [0.25, 0.3) is 11.3 Å². The Morgan fingerprint density at radius 2 is 1.97 bits per heavy atom. The molecular weight excluding hydrogens is 399 g/mol. The molecule has 0 radical (unpaired) electrons. The summed E-state index contributed by atoms with van der Waals surface area (Å²) in [5.74, 6) is -1.22. The number of fused-ring (bicyclic) bond motifs is 1. The van der Waals surface area contributed by atoms with Crippen LogP contribution in [-0.2, 0) is 6.54 Å². The number of urea groups is 1. The molecule has 0 saturated heterocycles. The number of carbonyl (C=O) groups excluding carboxylic acids is 2. The fourth-order valence-corrected chi connectivity index (χ4v) is 4.04. The van der Waals surface area contributed by atoms with Crippen LogP contribution in [0.4, 0.5) is 9.18 Å². The molecule has 8 nitrogen and oxygen atoms in total. The molecule has 1 aromatic heterocycles. The highest BCUT2D eigenvalue weighted by molar-refractivity contribution is 6.00. The molecule has 31 heavy (non-hydrogen) atoms. The zero-order valence-corrected chi connectivity index (χ0v) is 16.7. The van der Waals surface area contributed by atoms with Crippen molar-refractivity contribution >= 4 is 11.9 Å². The van der Waals surface area contributed by atoms with E-state index in [1.807, 2.05) is 0 Å². The minimum atomic E-state index is -0.748. The number of hydrogen-bond acceptors (Lipinski definition) is 4. The first-order valence-corrected chi connectivity index (χ1v) is 9.55. The molecular formula is C22H19FN6O2. The number of aromatic nitrogens is 2. The van der Waals surface area contributed by atoms with Crippen LogP contribution in [-0.4, -0.2) is 33.2 Å². The summed E-state index contributed by atoms with van der Waals surface area (Å²) in [6, 6.07) is 11.6. The van der Waals surface area contributed by atoms with Gasteiger partial charge in [-0.1, -0.05) is 24.3 Å². The van der Waals surface area contributed by atoms with Gasteiger partial charge >= 0.3 is 6.03 Å². The molecule has 0 fully saturated rings. The molecule has 3 aromatic rings. The Morgan fingerprint density at radius 3 is 2.58 bits per heavy atom. The number of amides is 3. The second-order valence-corrected chi connectivity index (χ2v) is 7.33. The van der Waals surface area contributed by atoms with Gasteiger partial charge in [0.1, 0.15) is 17.6 Å². The molecule has 4 N–H and O–H groups in total. The molecule has 1 unspecified atom stereocenters. The van der Waals surface area contributed by atoms with E-state index in [1.54, 1.807) is 35.9 Å². The fraction of sp³-hybridized carbons (Fsp3) is 0.182. The Labute approximate surface area is 177 Å². The average molecular weight is 418 g/mol. The summed E-state index contributed by atoms with van der Waals surface area (Å²) in [6.45, 7) is 2.33. The van der Waals surface area contributed by atoms with Gasteiger partial charge < -0.3 is 16.4 Å². The van der Waals surface area contributed by atoms with Gasteiger partial charge in [-0.05, 0) is 36.2 Å². The molecule has 4 rings (SSSR count). The van der Waals surface area contributed by atoms with Crippen LogP contribution in [0.3, 0.4) is 0 Å². The largest absolute Gasteiger partial charge is 0.365 e. The SMILES string of the molecule is Cc1cc(C2c3c(C(N)=O)c(-c4cccc(F)c4)nn3CCN2C(N)=O)ccc1C#N. The third-order valence-electron chi connectivity index (χ3n) is 5.43. The number of rotatable bonds is 3. The van der Waals surface area contributed by atoms with Crippen LogP contribution < -0.4 is 11.5 Å². The number of halogens is 1. The van der Waals surface area contributed by atoms with E-state index in [2.05, 4.69) is 11.2 Å². The van der Waals surface area contributed by atoms with Crippen LogP contribution in [0.5, 0.6) is 0 Å². The van der Waals surface area contributed by atoms with Gasteiger partial charge in [0, 0.05) is 12.1 Å². The van der Waals surface area contributed by atoms with Crippen molar-refractivity contribution in [3.8, 4) is 17.3 Å². The Balaban J connectivity index is 1.98. The van der Waals surface area contributed by atoms with E-state index >= 15 is 0 Å². The molecule has 3 amide bonds. The lowest BCUT2D eigenvalue weighted by Crippen LogP contribution is -2.46. The molecule has 0 saturated carbocycles. The van der Waals surface area contributed by atoms with E-state index in [-0.39, 0.29) is 17.8 Å². The summed E-state index contributed by atoms with van der Waals surface area (Å²) in [7, 11) is 0. The summed E-state index contributed by atoms with van der Waals surface area (Å²) in [5, 5.41) is 13.8. The highest BCUT2D eigenvalue weighted by Crippen LogP contribution is 2.38. The number of nitriles is 1. The molecule has 1 aliphatic heterocycles. The topological polar surface area (TPSA) is 131 Å². The first-order chi connectivity index (χ1) is 14.8. The van der Waals surface area contributed by atoms with Gasteiger partial charge in [-0.15, -0.1) is 0 Å². The highest BCUT2D eigenvalue weighted by Gasteiger charge is 2.38. The maximum atomic E-state index is 13.8. The molecule has 0 aliphatic carbocycles. The highest BCUT2D eigenvalue weighted by atomic mass is 19.1. The van der Waals surface area contributed by atoms with Crippen molar-refractivity contribution in [3.63, 3.8) is 0 Å². The van der Waals surface area contributed by atoms with Gasteiger partial charge in [-0.25, -0.2) is 9.18 Å². The molecule has 1 aliphatic rings. The Hall–Kier alpha value is -4.19. The lowest BCUT2D eigenvalue weighted by molar-refractivity contribution is 0.0995. The molecule has 1 atom stereocenters. The number of aryl methyl sites for hydroxylation is 1. The zero-order valence-electron chi connectivity index (χ0n) is 16.7. The second kappa shape index (κ2) is 7.57. The summed E-state index contributed by atoms with van der Waals surface area (Å²) in [6.07, 6.45) is 0. The van der Waals surface area contributed by atoms with Crippen molar-refractivity contribution in [2.24, 2.45) is 11.5 Å². The van der Waals surface area contributed by atoms with E-state index in [9.17, 15) is 19.2 Å². The average Bonchev–Trinajstić information content (AvgIpc) is 3.13. The summed E-state index contributed by atoms with van der Waals surface area (Å²) in [5.41, 5.74) is 14.4. The number of hydrogen-bond donors (Lipinski definition) is 2. The monoisotopic (exact) mass is 418 g/mol. The zero-order chi connectivity index (χ0) is 22.3. The van der Waals surface area contributed by atoms with Crippen molar-refractivity contribution in [2.75, 3.05) is 6.54 Å². The number of primary amides is 2. The molecule has 2 aromatic carbocycles. The Morgan fingerprint density at radius 1 is 1.19 bits per heavy atom. The van der Waals surface area contributed by atoms with Crippen molar-refractivity contribution in [1.82, 2.24) is 14.7 Å². The minimum absolute atomic E-state index is 0.101. The van der Waals surface area contributed by atoms with E-state index in [0.717, 1.165) is 0 Å². The van der Waals surface area contributed by atoms with Gasteiger partial charge in [-0.2, -0.15) is 10.4 Å². The van der Waals surface area contributed by atoms with Gasteiger partial charge in [0.2, 0.25) is 0 Å². The van der Waals surface area contributed by atoms with Gasteiger partial charge in [-0.3, -0.25) is 9.48 Å². The van der Waals surface area contributed by atoms with Gasteiger partial charge in [0.05, 0.1) is 29.4 Å².